The third-order valence-electron chi connectivity index (χ3n) is 3.30. The second kappa shape index (κ2) is 3.96. The van der Waals surface area contributed by atoms with Crippen molar-refractivity contribution in [2.24, 2.45) is 0 Å². The first-order valence-electron chi connectivity index (χ1n) is 5.81. The fraction of sp³-hybridized carbons (Fsp3) is 0.545. The molecule has 0 aliphatic carbocycles. The van der Waals surface area contributed by atoms with Crippen LogP contribution in [0.3, 0.4) is 0 Å². The van der Waals surface area contributed by atoms with Gasteiger partial charge < -0.3 is 15.1 Å². The van der Waals surface area contributed by atoms with Crippen LogP contribution in [0, 0.1) is 0 Å². The number of aromatic nitrogens is 2. The van der Waals surface area contributed by atoms with Crippen molar-refractivity contribution in [3.8, 4) is 0 Å². The Kier molecular flexibility index (Phi) is 2.44. The van der Waals surface area contributed by atoms with E-state index in [0.717, 1.165) is 37.8 Å². The maximum atomic E-state index is 11.4. The minimum absolute atomic E-state index is 0.0649. The standard InChI is InChI=1S/C11H15N5O/c1-15-2-4-16(5-3-15)11-13-6-8-9(14-11)7-12-10(8)17/h6H,2-5,7H2,1H3,(H,12,17). The molecule has 0 bridgehead atoms. The zero-order chi connectivity index (χ0) is 11.8. The Bertz CT molecular complexity index is 453. The zero-order valence-electron chi connectivity index (χ0n) is 9.81. The normalized spacial score (nSPS) is 20.3. The van der Waals surface area contributed by atoms with Crippen LogP contribution in [0.25, 0.3) is 0 Å². The smallest absolute Gasteiger partial charge is 0.255 e. The van der Waals surface area contributed by atoms with Crippen molar-refractivity contribution >= 4 is 11.9 Å². The molecule has 0 unspecified atom stereocenters. The van der Waals surface area contributed by atoms with Gasteiger partial charge in [0.25, 0.3) is 5.91 Å². The molecule has 2 aliphatic rings. The molecule has 90 valence electrons. The van der Waals surface area contributed by atoms with Crippen LogP contribution < -0.4 is 10.2 Å². The monoisotopic (exact) mass is 233 g/mol. The number of carbonyl (C=O) groups is 1. The van der Waals surface area contributed by atoms with Crippen molar-refractivity contribution in [3.05, 3.63) is 17.5 Å². The number of fused-ring (bicyclic) bond motifs is 1. The topological polar surface area (TPSA) is 61.4 Å². The molecule has 1 aromatic rings. The van der Waals surface area contributed by atoms with E-state index in [2.05, 4.69) is 32.1 Å². The molecule has 0 aromatic carbocycles. The van der Waals surface area contributed by atoms with E-state index < -0.39 is 0 Å². The largest absolute Gasteiger partial charge is 0.346 e. The number of rotatable bonds is 1. The number of nitrogens with zero attached hydrogens (tertiary/aromatic N) is 4. The van der Waals surface area contributed by atoms with Crippen LogP contribution in [0.1, 0.15) is 16.1 Å². The molecule has 2 aliphatic heterocycles. The highest BCUT2D eigenvalue weighted by molar-refractivity contribution is 5.97. The van der Waals surface area contributed by atoms with Gasteiger partial charge in [0.1, 0.15) is 0 Å². The second-order valence-electron chi connectivity index (χ2n) is 4.50. The lowest BCUT2D eigenvalue weighted by Crippen LogP contribution is -2.45. The minimum Gasteiger partial charge on any atom is -0.346 e. The van der Waals surface area contributed by atoms with E-state index in [-0.39, 0.29) is 5.91 Å². The highest BCUT2D eigenvalue weighted by atomic mass is 16.1. The van der Waals surface area contributed by atoms with Crippen molar-refractivity contribution in [2.45, 2.75) is 6.54 Å². The van der Waals surface area contributed by atoms with Gasteiger partial charge in [-0.2, -0.15) is 0 Å². The molecule has 3 heterocycles. The Hall–Kier alpha value is -1.69. The molecule has 3 rings (SSSR count). The lowest BCUT2D eigenvalue weighted by atomic mass is 10.3. The van der Waals surface area contributed by atoms with Crippen LogP contribution in [0.2, 0.25) is 0 Å². The first-order valence-corrected chi connectivity index (χ1v) is 5.81. The van der Waals surface area contributed by atoms with Crippen molar-refractivity contribution in [1.29, 1.82) is 0 Å². The summed E-state index contributed by atoms with van der Waals surface area (Å²) < 4.78 is 0. The number of piperazine rings is 1. The Morgan fingerprint density at radius 1 is 1.29 bits per heavy atom. The summed E-state index contributed by atoms with van der Waals surface area (Å²) in [5.41, 5.74) is 1.43. The van der Waals surface area contributed by atoms with Gasteiger partial charge in [-0.25, -0.2) is 9.97 Å². The Morgan fingerprint density at radius 2 is 2.06 bits per heavy atom. The summed E-state index contributed by atoms with van der Waals surface area (Å²) in [4.78, 5) is 24.6. The SMILES string of the molecule is CN1CCN(c2ncc3c(n2)CNC3=O)CC1. The molecule has 0 spiro atoms. The van der Waals surface area contributed by atoms with Gasteiger partial charge in [-0.3, -0.25) is 4.79 Å². The lowest BCUT2D eigenvalue weighted by Gasteiger charge is -2.32. The van der Waals surface area contributed by atoms with Gasteiger partial charge in [0.2, 0.25) is 5.95 Å². The number of anilines is 1. The predicted octanol–water partition coefficient (Wildman–Crippen LogP) is -0.528. The summed E-state index contributed by atoms with van der Waals surface area (Å²) in [5, 5.41) is 2.75. The highest BCUT2D eigenvalue weighted by Gasteiger charge is 2.23. The molecule has 6 nitrogen and oxygen atoms in total. The number of nitrogens with one attached hydrogen (secondary N) is 1. The highest BCUT2D eigenvalue weighted by Crippen LogP contribution is 2.16. The Balaban J connectivity index is 1.83. The summed E-state index contributed by atoms with van der Waals surface area (Å²) in [6.07, 6.45) is 1.64. The van der Waals surface area contributed by atoms with E-state index in [1.807, 2.05) is 0 Å². The van der Waals surface area contributed by atoms with Gasteiger partial charge >= 0.3 is 0 Å². The maximum Gasteiger partial charge on any atom is 0.255 e. The average Bonchev–Trinajstić information content (AvgIpc) is 2.72. The number of amides is 1. The summed E-state index contributed by atoms with van der Waals surface area (Å²) in [7, 11) is 2.11. The molecule has 17 heavy (non-hydrogen) atoms. The predicted molar refractivity (Wildman–Crippen MR) is 62.9 cm³/mol. The number of hydrogen-bond donors (Lipinski definition) is 1. The van der Waals surface area contributed by atoms with E-state index in [0.29, 0.717) is 12.1 Å². The number of carbonyl (C=O) groups excluding carboxylic acids is 1. The van der Waals surface area contributed by atoms with Crippen molar-refractivity contribution in [3.63, 3.8) is 0 Å². The Morgan fingerprint density at radius 3 is 2.82 bits per heavy atom. The molecule has 6 heteroatoms. The molecule has 0 atom stereocenters. The molecule has 1 amide bonds. The first kappa shape index (κ1) is 10.5. The van der Waals surface area contributed by atoms with Gasteiger partial charge in [-0.1, -0.05) is 0 Å². The van der Waals surface area contributed by atoms with E-state index in [1.54, 1.807) is 6.20 Å². The maximum absolute atomic E-state index is 11.4. The van der Waals surface area contributed by atoms with Crippen molar-refractivity contribution in [1.82, 2.24) is 20.2 Å². The van der Waals surface area contributed by atoms with E-state index in [9.17, 15) is 4.79 Å². The van der Waals surface area contributed by atoms with Crippen LogP contribution in [-0.2, 0) is 6.54 Å². The van der Waals surface area contributed by atoms with Crippen LogP contribution in [-0.4, -0.2) is 54.0 Å². The van der Waals surface area contributed by atoms with E-state index in [1.165, 1.54) is 0 Å². The molecule has 0 radical (unpaired) electrons. The van der Waals surface area contributed by atoms with Gasteiger partial charge in [0, 0.05) is 32.4 Å². The fourth-order valence-corrected chi connectivity index (χ4v) is 2.15. The fourth-order valence-electron chi connectivity index (χ4n) is 2.15. The summed E-state index contributed by atoms with van der Waals surface area (Å²) in [5.74, 6) is 0.679. The quantitative estimate of drug-likeness (QED) is 0.706. The number of hydrogen-bond acceptors (Lipinski definition) is 5. The molecule has 1 N–H and O–H groups in total. The summed E-state index contributed by atoms with van der Waals surface area (Å²) >= 11 is 0. The van der Waals surface area contributed by atoms with Gasteiger partial charge in [0.05, 0.1) is 17.8 Å². The average molecular weight is 233 g/mol. The molecule has 1 aromatic heterocycles. The molecule has 1 fully saturated rings. The molecule has 0 saturated carbocycles. The third kappa shape index (κ3) is 1.84. The van der Waals surface area contributed by atoms with E-state index in [4.69, 9.17) is 0 Å². The minimum atomic E-state index is -0.0649. The number of likely N-dealkylation sites (N-methyl/N-ethyl adjacent to an activating group) is 1. The van der Waals surface area contributed by atoms with Crippen molar-refractivity contribution in [2.75, 3.05) is 38.1 Å². The molecular weight excluding hydrogens is 218 g/mol. The lowest BCUT2D eigenvalue weighted by molar-refractivity contribution is 0.0965. The van der Waals surface area contributed by atoms with Gasteiger partial charge in [0.15, 0.2) is 0 Å². The van der Waals surface area contributed by atoms with Crippen LogP contribution in [0.4, 0.5) is 5.95 Å². The molecular formula is C11H15N5O. The van der Waals surface area contributed by atoms with Crippen molar-refractivity contribution < 1.29 is 4.79 Å². The summed E-state index contributed by atoms with van der Waals surface area (Å²) in [6.45, 7) is 4.46. The molecule has 1 saturated heterocycles. The first-order chi connectivity index (χ1) is 8.24. The van der Waals surface area contributed by atoms with E-state index >= 15 is 0 Å². The van der Waals surface area contributed by atoms with Crippen LogP contribution in [0.15, 0.2) is 6.20 Å². The Labute approximate surface area is 99.6 Å². The van der Waals surface area contributed by atoms with Crippen LogP contribution in [0.5, 0.6) is 0 Å². The second-order valence-corrected chi connectivity index (χ2v) is 4.50. The zero-order valence-corrected chi connectivity index (χ0v) is 9.81. The van der Waals surface area contributed by atoms with Crippen LogP contribution >= 0.6 is 0 Å². The third-order valence-corrected chi connectivity index (χ3v) is 3.30. The van der Waals surface area contributed by atoms with Gasteiger partial charge in [-0.05, 0) is 7.05 Å². The summed E-state index contributed by atoms with van der Waals surface area (Å²) in [6, 6.07) is 0. The van der Waals surface area contributed by atoms with Gasteiger partial charge in [-0.15, -0.1) is 0 Å².